The van der Waals surface area contributed by atoms with Crippen molar-refractivity contribution in [2.75, 3.05) is 5.32 Å². The summed E-state index contributed by atoms with van der Waals surface area (Å²) >= 11 is 3.43. The van der Waals surface area contributed by atoms with Gasteiger partial charge in [-0.3, -0.25) is 4.79 Å². The minimum atomic E-state index is -0.0945. The molecule has 0 unspecified atom stereocenters. The molecule has 0 radical (unpaired) electrons. The molecule has 1 amide bonds. The maximum atomic E-state index is 13.2. The molecule has 4 rings (SSSR count). The zero-order valence-corrected chi connectivity index (χ0v) is 18.5. The van der Waals surface area contributed by atoms with Gasteiger partial charge in [0.25, 0.3) is 5.91 Å². The lowest BCUT2D eigenvalue weighted by Crippen LogP contribution is -2.18. The first-order valence-corrected chi connectivity index (χ1v) is 11.0. The van der Waals surface area contributed by atoms with Gasteiger partial charge >= 0.3 is 0 Å². The van der Waals surface area contributed by atoms with Crippen LogP contribution in [0.25, 0.3) is 5.69 Å². The van der Waals surface area contributed by atoms with Crippen LogP contribution < -0.4 is 5.32 Å². The van der Waals surface area contributed by atoms with Crippen molar-refractivity contribution in [3.05, 3.63) is 75.5 Å². The van der Waals surface area contributed by atoms with Gasteiger partial charge in [0.1, 0.15) is 0 Å². The first kappa shape index (κ1) is 19.9. The van der Waals surface area contributed by atoms with Gasteiger partial charge in [0, 0.05) is 16.1 Å². The van der Waals surface area contributed by atoms with E-state index in [0.29, 0.717) is 11.5 Å². The molecule has 4 nitrogen and oxygen atoms in total. The number of hydrogen-bond acceptors (Lipinski definition) is 2. The summed E-state index contributed by atoms with van der Waals surface area (Å²) in [7, 11) is 0. The molecule has 2 aromatic carbocycles. The zero-order valence-electron chi connectivity index (χ0n) is 16.9. The van der Waals surface area contributed by atoms with Gasteiger partial charge in [-0.1, -0.05) is 41.3 Å². The van der Waals surface area contributed by atoms with Crippen LogP contribution in [-0.4, -0.2) is 15.7 Å². The van der Waals surface area contributed by atoms with Crippen molar-refractivity contribution in [2.45, 2.75) is 51.9 Å². The molecule has 1 N–H and O–H groups in total. The molecule has 29 heavy (non-hydrogen) atoms. The second-order valence-corrected chi connectivity index (χ2v) is 8.84. The van der Waals surface area contributed by atoms with Crippen LogP contribution in [0.5, 0.6) is 0 Å². The number of carbonyl (C=O) groups is 1. The third-order valence-electron chi connectivity index (χ3n) is 5.88. The van der Waals surface area contributed by atoms with Gasteiger partial charge in [0.05, 0.1) is 23.1 Å². The molecule has 1 aliphatic rings. The number of hydrogen-bond donors (Lipinski definition) is 1. The summed E-state index contributed by atoms with van der Waals surface area (Å²) in [5.41, 5.74) is 6.02. The van der Waals surface area contributed by atoms with Crippen LogP contribution >= 0.6 is 15.9 Å². The van der Waals surface area contributed by atoms with E-state index in [2.05, 4.69) is 58.4 Å². The fourth-order valence-electron chi connectivity index (χ4n) is 4.10. The standard InChI is InChI=1S/C24H26BrN3O/c1-16-8-13-21(14-17(16)2)28-23(18-6-4-3-5-7-18)22(15-26-28)24(29)27-20-11-9-19(25)10-12-20/h8-15,18H,3-7H2,1-2H3,(H,27,29). The minimum absolute atomic E-state index is 0.0945. The number of aromatic nitrogens is 2. The number of anilines is 1. The van der Waals surface area contributed by atoms with Crippen molar-refractivity contribution < 1.29 is 4.79 Å². The molecule has 150 valence electrons. The molecule has 1 heterocycles. The molecule has 1 saturated carbocycles. The molecular formula is C24H26BrN3O. The predicted molar refractivity (Wildman–Crippen MR) is 121 cm³/mol. The number of amides is 1. The monoisotopic (exact) mass is 451 g/mol. The normalized spacial score (nSPS) is 14.7. The Kier molecular flexibility index (Phi) is 5.86. The first-order chi connectivity index (χ1) is 14.0. The third kappa shape index (κ3) is 4.30. The summed E-state index contributed by atoms with van der Waals surface area (Å²) in [5, 5.41) is 7.69. The van der Waals surface area contributed by atoms with E-state index in [4.69, 9.17) is 0 Å². The minimum Gasteiger partial charge on any atom is -0.322 e. The molecule has 3 aromatic rings. The van der Waals surface area contributed by atoms with Gasteiger partial charge in [-0.25, -0.2) is 4.68 Å². The van der Waals surface area contributed by atoms with Crippen LogP contribution in [0, 0.1) is 13.8 Å². The Morgan fingerprint density at radius 1 is 1.03 bits per heavy atom. The van der Waals surface area contributed by atoms with Crippen LogP contribution in [0.1, 0.15) is 65.2 Å². The van der Waals surface area contributed by atoms with E-state index in [9.17, 15) is 4.79 Å². The van der Waals surface area contributed by atoms with E-state index in [1.807, 2.05) is 28.9 Å². The number of nitrogens with one attached hydrogen (secondary N) is 1. The first-order valence-electron chi connectivity index (χ1n) is 10.3. The summed E-state index contributed by atoms with van der Waals surface area (Å²) in [5.74, 6) is 0.265. The van der Waals surface area contributed by atoms with Crippen molar-refractivity contribution in [3.63, 3.8) is 0 Å². The summed E-state index contributed by atoms with van der Waals surface area (Å²) < 4.78 is 2.97. The maximum Gasteiger partial charge on any atom is 0.259 e. The Morgan fingerprint density at radius 3 is 2.45 bits per heavy atom. The summed E-state index contributed by atoms with van der Waals surface area (Å²) in [6.07, 6.45) is 7.62. The number of aryl methyl sites for hydroxylation is 2. The highest BCUT2D eigenvalue weighted by molar-refractivity contribution is 9.10. The van der Waals surface area contributed by atoms with Gasteiger partial charge in [0.15, 0.2) is 0 Å². The molecule has 0 aliphatic heterocycles. The summed E-state index contributed by atoms with van der Waals surface area (Å²) in [6.45, 7) is 4.23. The third-order valence-corrected chi connectivity index (χ3v) is 6.41. The lowest BCUT2D eigenvalue weighted by molar-refractivity contribution is 0.102. The molecule has 0 bridgehead atoms. The van der Waals surface area contributed by atoms with Crippen molar-refractivity contribution in [2.24, 2.45) is 0 Å². The quantitative estimate of drug-likeness (QED) is 0.488. The fourth-order valence-corrected chi connectivity index (χ4v) is 4.36. The lowest BCUT2D eigenvalue weighted by Gasteiger charge is -2.24. The van der Waals surface area contributed by atoms with Crippen LogP contribution in [0.2, 0.25) is 0 Å². The van der Waals surface area contributed by atoms with E-state index in [1.54, 1.807) is 6.20 Å². The van der Waals surface area contributed by atoms with Gasteiger partial charge in [-0.15, -0.1) is 0 Å². The number of carbonyl (C=O) groups excluding carboxylic acids is 1. The van der Waals surface area contributed by atoms with Gasteiger partial charge in [-0.2, -0.15) is 5.10 Å². The Balaban J connectivity index is 1.72. The van der Waals surface area contributed by atoms with Crippen molar-refractivity contribution in [1.29, 1.82) is 0 Å². The number of benzene rings is 2. The Morgan fingerprint density at radius 2 is 1.76 bits per heavy atom. The average Bonchev–Trinajstić information content (AvgIpc) is 3.18. The Labute approximate surface area is 180 Å². The smallest absolute Gasteiger partial charge is 0.259 e. The van der Waals surface area contributed by atoms with E-state index in [1.165, 1.54) is 30.4 Å². The Hall–Kier alpha value is -2.40. The van der Waals surface area contributed by atoms with Gasteiger partial charge in [0.2, 0.25) is 0 Å². The van der Waals surface area contributed by atoms with Crippen molar-refractivity contribution in [1.82, 2.24) is 9.78 Å². The average molecular weight is 452 g/mol. The van der Waals surface area contributed by atoms with Gasteiger partial charge in [-0.05, 0) is 74.2 Å². The molecular weight excluding hydrogens is 426 g/mol. The number of rotatable bonds is 4. The van der Waals surface area contributed by atoms with Crippen LogP contribution in [0.4, 0.5) is 5.69 Å². The second kappa shape index (κ2) is 8.54. The molecule has 5 heteroatoms. The molecule has 0 atom stereocenters. The molecule has 0 saturated heterocycles. The highest BCUT2D eigenvalue weighted by atomic mass is 79.9. The molecule has 0 spiro atoms. The number of halogens is 1. The molecule has 1 fully saturated rings. The van der Waals surface area contributed by atoms with Crippen LogP contribution in [0.3, 0.4) is 0 Å². The summed E-state index contributed by atoms with van der Waals surface area (Å²) in [6, 6.07) is 14.0. The fraction of sp³-hybridized carbons (Fsp3) is 0.333. The number of nitrogens with zero attached hydrogens (tertiary/aromatic N) is 2. The maximum absolute atomic E-state index is 13.2. The predicted octanol–water partition coefficient (Wildman–Crippen LogP) is 6.55. The highest BCUT2D eigenvalue weighted by Crippen LogP contribution is 2.36. The van der Waals surface area contributed by atoms with E-state index >= 15 is 0 Å². The van der Waals surface area contributed by atoms with Crippen molar-refractivity contribution in [3.8, 4) is 5.69 Å². The second-order valence-electron chi connectivity index (χ2n) is 7.92. The van der Waals surface area contributed by atoms with E-state index in [0.717, 1.165) is 34.4 Å². The molecule has 1 aromatic heterocycles. The Bertz CT molecular complexity index is 1020. The SMILES string of the molecule is Cc1ccc(-n2ncc(C(=O)Nc3ccc(Br)cc3)c2C2CCCCC2)cc1C. The van der Waals surface area contributed by atoms with E-state index < -0.39 is 0 Å². The largest absolute Gasteiger partial charge is 0.322 e. The van der Waals surface area contributed by atoms with E-state index in [-0.39, 0.29) is 5.91 Å². The zero-order chi connectivity index (χ0) is 20.4. The van der Waals surface area contributed by atoms with Crippen molar-refractivity contribution >= 4 is 27.5 Å². The highest BCUT2D eigenvalue weighted by Gasteiger charge is 2.27. The van der Waals surface area contributed by atoms with Crippen LogP contribution in [0.15, 0.2) is 53.1 Å². The topological polar surface area (TPSA) is 46.9 Å². The summed E-state index contributed by atoms with van der Waals surface area (Å²) in [4.78, 5) is 13.2. The lowest BCUT2D eigenvalue weighted by atomic mass is 9.85. The van der Waals surface area contributed by atoms with Gasteiger partial charge < -0.3 is 5.32 Å². The molecule has 1 aliphatic carbocycles. The van der Waals surface area contributed by atoms with Crippen LogP contribution in [-0.2, 0) is 0 Å².